The third-order valence-electron chi connectivity index (χ3n) is 3.14. The zero-order chi connectivity index (χ0) is 16.1. The minimum atomic E-state index is -0.501. The zero-order valence-electron chi connectivity index (χ0n) is 12.4. The first-order valence-electron chi connectivity index (χ1n) is 6.77. The predicted molar refractivity (Wildman–Crippen MR) is 86.6 cm³/mol. The Bertz CT molecular complexity index is 737. The van der Waals surface area contributed by atoms with Gasteiger partial charge in [0.2, 0.25) is 0 Å². The molecule has 0 saturated heterocycles. The van der Waals surface area contributed by atoms with Crippen molar-refractivity contribution in [2.24, 2.45) is 0 Å². The van der Waals surface area contributed by atoms with Crippen molar-refractivity contribution < 1.29 is 9.72 Å². The van der Waals surface area contributed by atoms with E-state index in [0.29, 0.717) is 5.57 Å². The molecule has 0 bridgehead atoms. The first-order chi connectivity index (χ1) is 10.5. The summed E-state index contributed by atoms with van der Waals surface area (Å²) >= 11 is 0. The molecule has 0 unspecified atom stereocenters. The Morgan fingerprint density at radius 2 is 1.86 bits per heavy atom. The van der Waals surface area contributed by atoms with Crippen LogP contribution in [0.25, 0.3) is 6.08 Å². The van der Waals surface area contributed by atoms with E-state index in [0.717, 1.165) is 11.1 Å². The lowest BCUT2D eigenvalue weighted by Gasteiger charge is -2.07. The van der Waals surface area contributed by atoms with Gasteiger partial charge in [-0.3, -0.25) is 14.9 Å². The number of nitrogens with one attached hydrogen (secondary N) is 1. The number of carbonyl (C=O) groups excluding carboxylic acids is 1. The molecule has 0 aliphatic heterocycles. The molecule has 5 heteroatoms. The van der Waals surface area contributed by atoms with Gasteiger partial charge in [0, 0.05) is 11.6 Å². The molecule has 1 N–H and O–H groups in total. The van der Waals surface area contributed by atoms with Crippen LogP contribution in [-0.2, 0) is 4.79 Å². The molecule has 0 aromatic heterocycles. The van der Waals surface area contributed by atoms with Gasteiger partial charge >= 0.3 is 0 Å². The van der Waals surface area contributed by atoms with Crippen LogP contribution in [0.15, 0.2) is 54.1 Å². The first kappa shape index (κ1) is 15.4. The lowest BCUT2D eigenvalue weighted by molar-refractivity contribution is -0.384. The van der Waals surface area contributed by atoms with Crippen molar-refractivity contribution in [3.05, 3.63) is 75.3 Å². The average molecular weight is 296 g/mol. The van der Waals surface area contributed by atoms with Gasteiger partial charge < -0.3 is 5.32 Å². The number of benzene rings is 2. The molecule has 0 aliphatic carbocycles. The average Bonchev–Trinajstić information content (AvgIpc) is 2.49. The van der Waals surface area contributed by atoms with Crippen molar-refractivity contribution >= 4 is 23.4 Å². The molecule has 0 heterocycles. The van der Waals surface area contributed by atoms with Crippen LogP contribution in [0.4, 0.5) is 11.4 Å². The van der Waals surface area contributed by atoms with Crippen LogP contribution < -0.4 is 5.32 Å². The fraction of sp³-hybridized carbons (Fsp3) is 0.118. The summed E-state index contributed by atoms with van der Waals surface area (Å²) in [5.41, 5.74) is 2.22. The maximum atomic E-state index is 12.2. The number of hydrogen-bond acceptors (Lipinski definition) is 3. The zero-order valence-corrected chi connectivity index (χ0v) is 12.4. The summed E-state index contributed by atoms with van der Waals surface area (Å²) in [5.74, 6) is -0.365. The summed E-state index contributed by atoms with van der Waals surface area (Å²) in [5, 5.41) is 13.6. The highest BCUT2D eigenvalue weighted by Crippen LogP contribution is 2.25. The second-order valence-electron chi connectivity index (χ2n) is 4.97. The highest BCUT2D eigenvalue weighted by atomic mass is 16.6. The number of amides is 1. The van der Waals surface area contributed by atoms with Crippen LogP contribution in [0.5, 0.6) is 0 Å². The molecule has 0 fully saturated rings. The summed E-state index contributed by atoms with van der Waals surface area (Å²) in [6.07, 6.45) is 1.73. The number of nitro groups is 1. The van der Waals surface area contributed by atoms with Gasteiger partial charge in [-0.2, -0.15) is 0 Å². The topological polar surface area (TPSA) is 72.2 Å². The number of rotatable bonds is 4. The molecule has 0 saturated carbocycles. The Kier molecular flexibility index (Phi) is 4.68. The highest BCUT2D eigenvalue weighted by molar-refractivity contribution is 6.07. The van der Waals surface area contributed by atoms with E-state index in [4.69, 9.17) is 0 Å². The number of nitrogens with zero attached hydrogens (tertiary/aromatic N) is 1. The van der Waals surface area contributed by atoms with Gasteiger partial charge in [-0.05, 0) is 37.1 Å². The number of carbonyl (C=O) groups is 1. The lowest BCUT2D eigenvalue weighted by atomic mass is 10.1. The van der Waals surface area contributed by atoms with Crippen molar-refractivity contribution in [1.29, 1.82) is 0 Å². The molecule has 0 aliphatic rings. The van der Waals surface area contributed by atoms with Gasteiger partial charge in [-0.1, -0.05) is 36.4 Å². The molecule has 2 aromatic rings. The van der Waals surface area contributed by atoms with E-state index in [1.54, 1.807) is 32.1 Å². The van der Waals surface area contributed by atoms with Gasteiger partial charge in [0.1, 0.15) is 5.69 Å². The fourth-order valence-corrected chi connectivity index (χ4v) is 1.98. The molecule has 0 radical (unpaired) electrons. The molecular weight excluding hydrogens is 280 g/mol. The van der Waals surface area contributed by atoms with Gasteiger partial charge in [0.05, 0.1) is 4.92 Å². The Morgan fingerprint density at radius 3 is 2.50 bits per heavy atom. The van der Waals surface area contributed by atoms with Gasteiger partial charge in [-0.15, -0.1) is 0 Å². The summed E-state index contributed by atoms with van der Waals surface area (Å²) in [6.45, 7) is 3.43. The van der Waals surface area contributed by atoms with E-state index < -0.39 is 4.92 Å². The number of aryl methyl sites for hydroxylation is 1. The van der Waals surface area contributed by atoms with Crippen LogP contribution in [-0.4, -0.2) is 10.8 Å². The summed E-state index contributed by atoms with van der Waals surface area (Å²) in [4.78, 5) is 22.7. The molecule has 5 nitrogen and oxygen atoms in total. The highest BCUT2D eigenvalue weighted by Gasteiger charge is 2.16. The summed E-state index contributed by atoms with van der Waals surface area (Å²) in [7, 11) is 0. The van der Waals surface area contributed by atoms with Gasteiger partial charge in [0.25, 0.3) is 11.6 Å². The van der Waals surface area contributed by atoms with Crippen LogP contribution in [0.1, 0.15) is 18.1 Å². The van der Waals surface area contributed by atoms with Crippen LogP contribution in [0, 0.1) is 17.0 Å². The van der Waals surface area contributed by atoms with Crippen LogP contribution in [0.3, 0.4) is 0 Å². The van der Waals surface area contributed by atoms with Crippen molar-refractivity contribution in [3.63, 3.8) is 0 Å². The van der Waals surface area contributed by atoms with Crippen molar-refractivity contribution in [2.45, 2.75) is 13.8 Å². The molecule has 112 valence electrons. The SMILES string of the molecule is CC(=Cc1ccccc1)C(=O)Nc1ccc(C)cc1[N+](=O)[O-]. The summed E-state index contributed by atoms with van der Waals surface area (Å²) in [6, 6.07) is 14.1. The number of nitro benzene ring substituents is 1. The van der Waals surface area contributed by atoms with E-state index >= 15 is 0 Å². The quantitative estimate of drug-likeness (QED) is 0.527. The summed E-state index contributed by atoms with van der Waals surface area (Å²) < 4.78 is 0. The first-order valence-corrected chi connectivity index (χ1v) is 6.77. The third-order valence-corrected chi connectivity index (χ3v) is 3.14. The third kappa shape index (κ3) is 3.79. The van der Waals surface area contributed by atoms with Crippen molar-refractivity contribution in [2.75, 3.05) is 5.32 Å². The molecule has 1 amide bonds. The molecule has 2 aromatic carbocycles. The number of hydrogen-bond donors (Lipinski definition) is 1. The van der Waals surface area contributed by atoms with E-state index in [1.807, 2.05) is 30.3 Å². The second-order valence-corrected chi connectivity index (χ2v) is 4.97. The molecule has 2 rings (SSSR count). The maximum absolute atomic E-state index is 12.2. The van der Waals surface area contributed by atoms with Crippen LogP contribution in [0.2, 0.25) is 0 Å². The van der Waals surface area contributed by atoms with Gasteiger partial charge in [-0.25, -0.2) is 0 Å². The predicted octanol–water partition coefficient (Wildman–Crippen LogP) is 3.95. The second kappa shape index (κ2) is 6.67. The molecule has 0 atom stereocenters. The van der Waals surface area contributed by atoms with E-state index in [1.165, 1.54) is 6.07 Å². The van der Waals surface area contributed by atoms with E-state index in [-0.39, 0.29) is 17.3 Å². The Balaban J connectivity index is 2.22. The minimum absolute atomic E-state index is 0.110. The molecular formula is C17H16N2O3. The van der Waals surface area contributed by atoms with E-state index in [9.17, 15) is 14.9 Å². The van der Waals surface area contributed by atoms with E-state index in [2.05, 4.69) is 5.32 Å². The van der Waals surface area contributed by atoms with Gasteiger partial charge in [0.15, 0.2) is 0 Å². The number of anilines is 1. The smallest absolute Gasteiger partial charge is 0.293 e. The lowest BCUT2D eigenvalue weighted by Crippen LogP contribution is -2.13. The Hall–Kier alpha value is -2.95. The van der Waals surface area contributed by atoms with Crippen molar-refractivity contribution in [3.8, 4) is 0 Å². The fourth-order valence-electron chi connectivity index (χ4n) is 1.98. The Morgan fingerprint density at radius 1 is 1.18 bits per heavy atom. The monoisotopic (exact) mass is 296 g/mol. The minimum Gasteiger partial charge on any atom is -0.317 e. The Labute approximate surface area is 128 Å². The largest absolute Gasteiger partial charge is 0.317 e. The van der Waals surface area contributed by atoms with Crippen molar-refractivity contribution in [1.82, 2.24) is 0 Å². The standard InChI is InChI=1S/C17H16N2O3/c1-12-8-9-15(16(10-12)19(21)22)18-17(20)13(2)11-14-6-4-3-5-7-14/h3-11H,1-2H3,(H,18,20). The maximum Gasteiger partial charge on any atom is 0.293 e. The molecule has 0 spiro atoms. The molecule has 22 heavy (non-hydrogen) atoms. The normalized spacial score (nSPS) is 11.1. The van der Waals surface area contributed by atoms with Crippen LogP contribution >= 0.6 is 0 Å².